The number of benzene rings is 3. The summed E-state index contributed by atoms with van der Waals surface area (Å²) in [6, 6.07) is 18.4. The molecule has 0 spiro atoms. The van der Waals surface area contributed by atoms with Gasteiger partial charge in [-0.1, -0.05) is 30.3 Å². The van der Waals surface area contributed by atoms with Crippen molar-refractivity contribution in [3.63, 3.8) is 0 Å². The van der Waals surface area contributed by atoms with Crippen LogP contribution in [0.2, 0.25) is 0 Å². The van der Waals surface area contributed by atoms with Crippen LogP contribution in [-0.4, -0.2) is 35.4 Å². The maximum absolute atomic E-state index is 14.2. The second-order valence-corrected chi connectivity index (χ2v) is 8.99. The number of rotatable bonds is 6. The summed E-state index contributed by atoms with van der Waals surface area (Å²) in [6.45, 7) is 4.32. The molecular weight excluding hydrogens is 455 g/mol. The summed E-state index contributed by atoms with van der Waals surface area (Å²) in [5.74, 6) is -0.610. The standard InChI is InChI=1S/C29H27FN4O2/c1-16-7-10-23(30)27-26(16)22(17(2)33-27)11-12-32-29(36)25-15-20-9-8-19(14-24(20)34-25)18-5-4-6-21(13-18)28(35)31-3/h4-10,13-15,33-34H,11-12H2,1-3H3,(H,31,35)(H,32,36). The number of halogens is 1. The van der Waals surface area contributed by atoms with Crippen LogP contribution in [0.5, 0.6) is 0 Å². The van der Waals surface area contributed by atoms with Crippen LogP contribution in [0.1, 0.15) is 37.7 Å². The van der Waals surface area contributed by atoms with Crippen molar-refractivity contribution in [1.82, 2.24) is 20.6 Å². The van der Waals surface area contributed by atoms with Gasteiger partial charge in [0.05, 0.1) is 5.52 Å². The maximum Gasteiger partial charge on any atom is 0.267 e. The van der Waals surface area contributed by atoms with Crippen molar-refractivity contribution in [2.45, 2.75) is 20.3 Å². The zero-order valence-electron chi connectivity index (χ0n) is 20.4. The molecular formula is C29H27FN4O2. The number of nitrogens with one attached hydrogen (secondary N) is 4. The minimum absolute atomic E-state index is 0.139. The van der Waals surface area contributed by atoms with Gasteiger partial charge in [0.25, 0.3) is 11.8 Å². The highest BCUT2D eigenvalue weighted by molar-refractivity contribution is 5.99. The fourth-order valence-electron chi connectivity index (χ4n) is 4.76. The van der Waals surface area contributed by atoms with E-state index in [2.05, 4.69) is 20.6 Å². The molecule has 5 aromatic rings. The molecule has 0 aliphatic rings. The molecule has 4 N–H and O–H groups in total. The lowest BCUT2D eigenvalue weighted by atomic mass is 10.0. The van der Waals surface area contributed by atoms with Gasteiger partial charge < -0.3 is 20.6 Å². The largest absolute Gasteiger partial charge is 0.356 e. The molecule has 0 bridgehead atoms. The van der Waals surface area contributed by atoms with E-state index >= 15 is 0 Å². The summed E-state index contributed by atoms with van der Waals surface area (Å²) < 4.78 is 14.2. The Morgan fingerprint density at radius 1 is 0.917 bits per heavy atom. The number of aromatic nitrogens is 2. The third-order valence-electron chi connectivity index (χ3n) is 6.64. The van der Waals surface area contributed by atoms with Gasteiger partial charge in [0.15, 0.2) is 0 Å². The highest BCUT2D eigenvalue weighted by atomic mass is 19.1. The predicted molar refractivity (Wildman–Crippen MR) is 141 cm³/mol. The zero-order valence-corrected chi connectivity index (χ0v) is 20.4. The number of carbonyl (C=O) groups is 2. The number of aryl methyl sites for hydroxylation is 2. The van der Waals surface area contributed by atoms with Crippen molar-refractivity contribution in [1.29, 1.82) is 0 Å². The van der Waals surface area contributed by atoms with E-state index in [1.807, 2.05) is 56.3 Å². The van der Waals surface area contributed by atoms with Crippen LogP contribution >= 0.6 is 0 Å². The van der Waals surface area contributed by atoms with Gasteiger partial charge in [0.1, 0.15) is 11.5 Å². The molecule has 0 fully saturated rings. The Morgan fingerprint density at radius 3 is 2.53 bits per heavy atom. The molecule has 0 saturated heterocycles. The molecule has 2 aromatic heterocycles. The Labute approximate surface area is 207 Å². The van der Waals surface area contributed by atoms with E-state index in [-0.39, 0.29) is 17.6 Å². The van der Waals surface area contributed by atoms with E-state index in [9.17, 15) is 14.0 Å². The lowest BCUT2D eigenvalue weighted by Gasteiger charge is -2.06. The van der Waals surface area contributed by atoms with Crippen LogP contribution in [0.4, 0.5) is 4.39 Å². The Morgan fingerprint density at radius 2 is 1.72 bits per heavy atom. The molecule has 0 aliphatic heterocycles. The number of amides is 2. The lowest BCUT2D eigenvalue weighted by molar-refractivity contribution is 0.0946. The smallest absolute Gasteiger partial charge is 0.267 e. The van der Waals surface area contributed by atoms with E-state index in [4.69, 9.17) is 0 Å². The predicted octanol–water partition coefficient (Wildman–Crippen LogP) is 5.40. The highest BCUT2D eigenvalue weighted by Crippen LogP contribution is 2.28. The van der Waals surface area contributed by atoms with Gasteiger partial charge >= 0.3 is 0 Å². The lowest BCUT2D eigenvalue weighted by Crippen LogP contribution is -2.26. The van der Waals surface area contributed by atoms with E-state index in [0.717, 1.165) is 44.2 Å². The van der Waals surface area contributed by atoms with Crippen LogP contribution in [0.25, 0.3) is 32.9 Å². The fraction of sp³-hybridized carbons (Fsp3) is 0.172. The van der Waals surface area contributed by atoms with E-state index in [1.165, 1.54) is 6.07 Å². The molecule has 0 unspecified atom stereocenters. The van der Waals surface area contributed by atoms with Crippen LogP contribution in [0, 0.1) is 19.7 Å². The van der Waals surface area contributed by atoms with Crippen molar-refractivity contribution < 1.29 is 14.0 Å². The van der Waals surface area contributed by atoms with Crippen LogP contribution in [0.3, 0.4) is 0 Å². The summed E-state index contributed by atoms with van der Waals surface area (Å²) in [5.41, 5.74) is 7.20. The van der Waals surface area contributed by atoms with Gasteiger partial charge in [-0.15, -0.1) is 0 Å². The highest BCUT2D eigenvalue weighted by Gasteiger charge is 2.15. The average molecular weight is 483 g/mol. The van der Waals surface area contributed by atoms with Crippen LogP contribution < -0.4 is 10.6 Å². The third kappa shape index (κ3) is 4.24. The van der Waals surface area contributed by atoms with E-state index in [1.54, 1.807) is 19.2 Å². The Hall–Kier alpha value is -4.39. The monoisotopic (exact) mass is 482 g/mol. The van der Waals surface area contributed by atoms with Gasteiger partial charge in [-0.3, -0.25) is 9.59 Å². The molecule has 0 saturated carbocycles. The van der Waals surface area contributed by atoms with Gasteiger partial charge in [-0.05, 0) is 72.9 Å². The van der Waals surface area contributed by atoms with Crippen molar-refractivity contribution in [2.75, 3.05) is 13.6 Å². The first-order valence-corrected chi connectivity index (χ1v) is 11.9. The van der Waals surface area contributed by atoms with E-state index in [0.29, 0.717) is 29.7 Å². The number of H-pyrrole nitrogens is 2. The first-order valence-electron chi connectivity index (χ1n) is 11.9. The molecule has 36 heavy (non-hydrogen) atoms. The summed E-state index contributed by atoms with van der Waals surface area (Å²) in [7, 11) is 1.61. The molecule has 2 heterocycles. The molecule has 3 aromatic carbocycles. The molecule has 2 amide bonds. The minimum Gasteiger partial charge on any atom is -0.356 e. The average Bonchev–Trinajstić information content (AvgIpc) is 3.47. The second kappa shape index (κ2) is 9.34. The van der Waals surface area contributed by atoms with Crippen molar-refractivity contribution in [3.05, 3.63) is 94.6 Å². The second-order valence-electron chi connectivity index (χ2n) is 8.99. The molecule has 6 nitrogen and oxygen atoms in total. The van der Waals surface area contributed by atoms with Crippen LogP contribution in [0.15, 0.2) is 60.7 Å². The maximum atomic E-state index is 14.2. The zero-order chi connectivity index (χ0) is 25.4. The summed E-state index contributed by atoms with van der Waals surface area (Å²) >= 11 is 0. The number of carbonyl (C=O) groups excluding carboxylic acids is 2. The normalized spacial score (nSPS) is 11.2. The van der Waals surface area contributed by atoms with Gasteiger partial charge in [0, 0.05) is 41.1 Å². The number of hydrogen-bond acceptors (Lipinski definition) is 2. The Kier molecular flexibility index (Phi) is 6.06. The summed E-state index contributed by atoms with van der Waals surface area (Å²) in [6.07, 6.45) is 0.591. The summed E-state index contributed by atoms with van der Waals surface area (Å²) in [4.78, 5) is 31.2. The van der Waals surface area contributed by atoms with E-state index < -0.39 is 0 Å². The number of hydrogen-bond donors (Lipinski definition) is 4. The summed E-state index contributed by atoms with van der Waals surface area (Å²) in [5, 5.41) is 7.42. The first kappa shape index (κ1) is 23.4. The molecule has 182 valence electrons. The molecule has 0 atom stereocenters. The number of aromatic amines is 2. The topological polar surface area (TPSA) is 89.8 Å². The SMILES string of the molecule is CNC(=O)c1cccc(-c2ccc3cc(C(=O)NCCc4c(C)[nH]c5c(F)ccc(C)c45)[nH]c3c2)c1. The molecule has 0 aliphatic carbocycles. The molecule has 5 rings (SSSR count). The Bertz CT molecular complexity index is 1630. The van der Waals surface area contributed by atoms with Crippen molar-refractivity contribution in [2.24, 2.45) is 0 Å². The Balaban J connectivity index is 1.32. The van der Waals surface area contributed by atoms with Crippen molar-refractivity contribution >= 4 is 33.6 Å². The number of fused-ring (bicyclic) bond motifs is 2. The van der Waals surface area contributed by atoms with Gasteiger partial charge in [-0.25, -0.2) is 4.39 Å². The third-order valence-corrected chi connectivity index (χ3v) is 6.64. The van der Waals surface area contributed by atoms with Gasteiger partial charge in [-0.2, -0.15) is 0 Å². The molecule has 7 heteroatoms. The first-order chi connectivity index (χ1) is 17.4. The minimum atomic E-state index is -0.271. The fourth-order valence-corrected chi connectivity index (χ4v) is 4.76. The quantitative estimate of drug-likeness (QED) is 0.261. The van der Waals surface area contributed by atoms with Crippen molar-refractivity contribution in [3.8, 4) is 11.1 Å². The van der Waals surface area contributed by atoms with Gasteiger partial charge in [0.2, 0.25) is 0 Å². The molecule has 0 radical (unpaired) electrons. The van der Waals surface area contributed by atoms with Crippen LogP contribution in [-0.2, 0) is 6.42 Å².